The van der Waals surface area contributed by atoms with E-state index in [0.29, 0.717) is 22.8 Å². The number of carbonyl (C=O) groups is 1. The van der Waals surface area contributed by atoms with Crippen LogP contribution >= 0.6 is 12.4 Å². The molecular weight excluding hydrogens is 282 g/mol. The Bertz CT molecular complexity index is 621. The molecule has 8 heteroatoms. The molecule has 0 aromatic carbocycles. The zero-order valence-electron chi connectivity index (χ0n) is 11.0. The van der Waals surface area contributed by atoms with E-state index in [-0.39, 0.29) is 24.3 Å². The topological polar surface area (TPSA) is 103 Å². The fraction of sp³-hybridized carbons (Fsp3) is 0.167. The molecule has 0 aliphatic rings. The van der Waals surface area contributed by atoms with E-state index in [9.17, 15) is 4.79 Å². The Morgan fingerprint density at radius 1 is 1.40 bits per heavy atom. The number of halogens is 1. The van der Waals surface area contributed by atoms with Crippen molar-refractivity contribution >= 4 is 29.8 Å². The Labute approximate surface area is 122 Å². The number of aromatic nitrogens is 3. The molecule has 2 heterocycles. The second kappa shape index (κ2) is 6.67. The minimum atomic E-state index is -0.205. The van der Waals surface area contributed by atoms with Gasteiger partial charge in [0.25, 0.3) is 0 Å². The van der Waals surface area contributed by atoms with Gasteiger partial charge >= 0.3 is 6.01 Å². The number of rotatable bonds is 3. The highest BCUT2D eigenvalue weighted by molar-refractivity contribution is 5.89. The molecule has 0 radical (unpaired) electrons. The van der Waals surface area contributed by atoms with Crippen molar-refractivity contribution in [3.05, 3.63) is 24.5 Å². The maximum Gasteiger partial charge on any atom is 0.316 e. The average molecular weight is 296 g/mol. The predicted molar refractivity (Wildman–Crippen MR) is 77.8 cm³/mol. The van der Waals surface area contributed by atoms with Gasteiger partial charge in [-0.15, -0.1) is 12.4 Å². The molecule has 2 aromatic heterocycles. The minimum absolute atomic E-state index is 0. The number of carbonyl (C=O) groups excluding carboxylic acids is 1. The largest absolute Gasteiger partial charge is 0.467 e. The van der Waals surface area contributed by atoms with Gasteiger partial charge in [-0.3, -0.25) is 4.79 Å². The molecule has 20 heavy (non-hydrogen) atoms. The quantitative estimate of drug-likeness (QED) is 0.889. The van der Waals surface area contributed by atoms with Crippen molar-refractivity contribution in [3.63, 3.8) is 0 Å². The first kappa shape index (κ1) is 15.6. The number of nitrogens with two attached hydrogens (primary N) is 1. The SMILES string of the molecule is COc1nccc(-c2cnc(NC(C)=O)cc2N)n1.Cl. The minimum Gasteiger partial charge on any atom is -0.467 e. The van der Waals surface area contributed by atoms with Crippen LogP contribution in [0.3, 0.4) is 0 Å². The second-order valence-electron chi connectivity index (χ2n) is 3.77. The zero-order valence-corrected chi connectivity index (χ0v) is 11.8. The number of ether oxygens (including phenoxy) is 1. The summed E-state index contributed by atoms with van der Waals surface area (Å²) < 4.78 is 4.95. The van der Waals surface area contributed by atoms with Crippen LogP contribution in [0.15, 0.2) is 24.5 Å². The van der Waals surface area contributed by atoms with Crippen molar-refractivity contribution in [3.8, 4) is 17.3 Å². The lowest BCUT2D eigenvalue weighted by Crippen LogP contribution is -2.08. The number of hydrogen-bond donors (Lipinski definition) is 2. The van der Waals surface area contributed by atoms with Gasteiger partial charge in [0.2, 0.25) is 5.91 Å². The van der Waals surface area contributed by atoms with E-state index in [4.69, 9.17) is 10.5 Å². The zero-order chi connectivity index (χ0) is 13.8. The Morgan fingerprint density at radius 3 is 2.75 bits per heavy atom. The summed E-state index contributed by atoms with van der Waals surface area (Å²) in [6, 6.07) is 3.53. The Morgan fingerprint density at radius 2 is 2.15 bits per heavy atom. The average Bonchev–Trinajstić information content (AvgIpc) is 2.38. The van der Waals surface area contributed by atoms with Gasteiger partial charge in [-0.2, -0.15) is 4.98 Å². The van der Waals surface area contributed by atoms with E-state index in [2.05, 4.69) is 20.3 Å². The number of nitrogens with zero attached hydrogens (tertiary/aromatic N) is 3. The molecular formula is C12H14ClN5O2. The number of amides is 1. The van der Waals surface area contributed by atoms with Crippen LogP contribution < -0.4 is 15.8 Å². The number of hydrogen-bond acceptors (Lipinski definition) is 6. The fourth-order valence-electron chi connectivity index (χ4n) is 1.52. The number of nitrogens with one attached hydrogen (secondary N) is 1. The Kier molecular flexibility index (Phi) is 5.22. The maximum atomic E-state index is 10.9. The van der Waals surface area contributed by atoms with Gasteiger partial charge in [0, 0.05) is 36.6 Å². The third kappa shape index (κ3) is 3.55. The summed E-state index contributed by atoms with van der Waals surface area (Å²) in [5, 5.41) is 2.56. The van der Waals surface area contributed by atoms with E-state index >= 15 is 0 Å². The summed E-state index contributed by atoms with van der Waals surface area (Å²) in [5.41, 5.74) is 7.64. The van der Waals surface area contributed by atoms with Gasteiger partial charge in [-0.25, -0.2) is 9.97 Å². The summed E-state index contributed by atoms with van der Waals surface area (Å²) in [6.07, 6.45) is 3.12. The molecule has 106 valence electrons. The van der Waals surface area contributed by atoms with Gasteiger partial charge in [-0.05, 0) is 6.07 Å². The number of nitrogen functional groups attached to an aromatic ring is 1. The van der Waals surface area contributed by atoms with Crippen molar-refractivity contribution in [1.29, 1.82) is 0 Å². The van der Waals surface area contributed by atoms with E-state index < -0.39 is 0 Å². The smallest absolute Gasteiger partial charge is 0.316 e. The number of anilines is 2. The van der Waals surface area contributed by atoms with Crippen LogP contribution in [-0.2, 0) is 4.79 Å². The highest BCUT2D eigenvalue weighted by Gasteiger charge is 2.08. The van der Waals surface area contributed by atoms with Crippen LogP contribution in [0.1, 0.15) is 6.92 Å². The fourth-order valence-corrected chi connectivity index (χ4v) is 1.52. The lowest BCUT2D eigenvalue weighted by atomic mass is 10.1. The van der Waals surface area contributed by atoms with Crippen molar-refractivity contribution in [2.75, 3.05) is 18.2 Å². The van der Waals surface area contributed by atoms with Gasteiger partial charge in [0.1, 0.15) is 5.82 Å². The number of pyridine rings is 1. The lowest BCUT2D eigenvalue weighted by Gasteiger charge is -2.08. The molecule has 0 saturated carbocycles. The summed E-state index contributed by atoms with van der Waals surface area (Å²) in [5.74, 6) is 0.193. The normalized spacial score (nSPS) is 9.50. The van der Waals surface area contributed by atoms with Gasteiger partial charge in [0.15, 0.2) is 0 Å². The van der Waals surface area contributed by atoms with Gasteiger partial charge in [0.05, 0.1) is 12.8 Å². The third-order valence-electron chi connectivity index (χ3n) is 2.33. The summed E-state index contributed by atoms with van der Waals surface area (Å²) in [4.78, 5) is 23.1. The van der Waals surface area contributed by atoms with Crippen LogP contribution in [-0.4, -0.2) is 28.0 Å². The number of methoxy groups -OCH3 is 1. The second-order valence-corrected chi connectivity index (χ2v) is 3.77. The molecule has 1 amide bonds. The molecule has 0 aliphatic carbocycles. The van der Waals surface area contributed by atoms with E-state index in [1.165, 1.54) is 14.0 Å². The standard InChI is InChI=1S/C12H13N5O2.ClH/c1-7(18)16-11-5-9(13)8(6-15-11)10-3-4-14-12(17-10)19-2;/h3-6H,1-2H3,(H3,13,15,16,18);1H. The summed E-state index contributed by atoms with van der Waals surface area (Å²) in [7, 11) is 1.49. The van der Waals surface area contributed by atoms with E-state index in [1.54, 1.807) is 24.5 Å². The molecule has 0 unspecified atom stereocenters. The molecule has 3 N–H and O–H groups in total. The highest BCUT2D eigenvalue weighted by atomic mass is 35.5. The Hall–Kier alpha value is -2.41. The van der Waals surface area contributed by atoms with Crippen molar-refractivity contribution < 1.29 is 9.53 Å². The summed E-state index contributed by atoms with van der Waals surface area (Å²) in [6.45, 7) is 1.40. The molecule has 0 spiro atoms. The van der Waals surface area contributed by atoms with Crippen LogP contribution in [0, 0.1) is 0 Å². The van der Waals surface area contributed by atoms with Crippen molar-refractivity contribution in [2.45, 2.75) is 6.92 Å². The van der Waals surface area contributed by atoms with Crippen LogP contribution in [0.4, 0.5) is 11.5 Å². The van der Waals surface area contributed by atoms with Crippen LogP contribution in [0.25, 0.3) is 11.3 Å². The molecule has 2 rings (SSSR count). The first-order chi connectivity index (χ1) is 9.10. The molecule has 0 fully saturated rings. The van der Waals surface area contributed by atoms with Crippen molar-refractivity contribution in [1.82, 2.24) is 15.0 Å². The molecule has 7 nitrogen and oxygen atoms in total. The molecule has 2 aromatic rings. The van der Waals surface area contributed by atoms with E-state index in [1.807, 2.05) is 0 Å². The van der Waals surface area contributed by atoms with Gasteiger partial charge < -0.3 is 15.8 Å². The lowest BCUT2D eigenvalue weighted by molar-refractivity contribution is -0.114. The Balaban J connectivity index is 0.00000200. The molecule has 0 saturated heterocycles. The molecule has 0 bridgehead atoms. The van der Waals surface area contributed by atoms with Gasteiger partial charge in [-0.1, -0.05) is 0 Å². The third-order valence-corrected chi connectivity index (χ3v) is 2.33. The maximum absolute atomic E-state index is 10.9. The van der Waals surface area contributed by atoms with E-state index in [0.717, 1.165) is 0 Å². The monoisotopic (exact) mass is 295 g/mol. The highest BCUT2D eigenvalue weighted by Crippen LogP contribution is 2.25. The summed E-state index contributed by atoms with van der Waals surface area (Å²) >= 11 is 0. The molecule has 0 atom stereocenters. The first-order valence-corrected chi connectivity index (χ1v) is 5.50. The van der Waals surface area contributed by atoms with Crippen molar-refractivity contribution in [2.24, 2.45) is 0 Å². The van der Waals surface area contributed by atoms with Crippen LogP contribution in [0.5, 0.6) is 6.01 Å². The first-order valence-electron chi connectivity index (χ1n) is 5.50. The molecule has 0 aliphatic heterocycles. The van der Waals surface area contributed by atoms with Crippen LogP contribution in [0.2, 0.25) is 0 Å². The predicted octanol–water partition coefficient (Wildman–Crippen LogP) is 1.51.